The van der Waals surface area contributed by atoms with Crippen LogP contribution in [0, 0.1) is 5.82 Å². The molecule has 6 heteroatoms. The normalized spacial score (nSPS) is 15.2. The molecule has 164 valence electrons. The average molecular weight is 457 g/mol. The van der Waals surface area contributed by atoms with Crippen molar-refractivity contribution >= 4 is 45.6 Å². The highest BCUT2D eigenvalue weighted by atomic mass is 32.2. The lowest BCUT2D eigenvalue weighted by Gasteiger charge is -2.11. The van der Waals surface area contributed by atoms with Crippen LogP contribution in [0.3, 0.4) is 0 Å². The highest BCUT2D eigenvalue weighted by Gasteiger charge is 2.36. The first kappa shape index (κ1) is 21.2. The predicted octanol–water partition coefficient (Wildman–Crippen LogP) is 6.63. The monoisotopic (exact) mass is 456 g/mol. The van der Waals surface area contributed by atoms with Gasteiger partial charge in [-0.25, -0.2) is 9.29 Å². The van der Waals surface area contributed by atoms with Crippen LogP contribution in [0.15, 0.2) is 83.9 Å². The van der Waals surface area contributed by atoms with Crippen LogP contribution in [0.2, 0.25) is 0 Å². The van der Waals surface area contributed by atoms with Gasteiger partial charge in [0, 0.05) is 22.7 Å². The van der Waals surface area contributed by atoms with Gasteiger partial charge >= 0.3 is 0 Å². The number of hydrogen-bond donors (Lipinski definition) is 0. The summed E-state index contributed by atoms with van der Waals surface area (Å²) in [5.41, 5.74) is 4.13. The van der Waals surface area contributed by atoms with Crippen molar-refractivity contribution in [2.45, 2.75) is 19.9 Å². The fourth-order valence-corrected chi connectivity index (χ4v) is 5.04. The van der Waals surface area contributed by atoms with Gasteiger partial charge in [0.25, 0.3) is 11.1 Å². The van der Waals surface area contributed by atoms with Crippen molar-refractivity contribution in [3.05, 3.63) is 106 Å². The zero-order valence-electron chi connectivity index (χ0n) is 18.0. The van der Waals surface area contributed by atoms with Gasteiger partial charge in [0.1, 0.15) is 5.82 Å². The summed E-state index contributed by atoms with van der Waals surface area (Å²) in [5, 5.41) is 0.652. The largest absolute Gasteiger partial charge is 0.342 e. The Hall–Kier alpha value is -3.64. The number of aryl methyl sites for hydroxylation is 1. The van der Waals surface area contributed by atoms with Crippen LogP contribution in [0.4, 0.5) is 14.9 Å². The molecule has 1 saturated heterocycles. The van der Waals surface area contributed by atoms with Gasteiger partial charge in [-0.3, -0.25) is 9.59 Å². The summed E-state index contributed by atoms with van der Waals surface area (Å²) in [6.45, 7) is 2.46. The number of rotatable bonds is 5. The van der Waals surface area contributed by atoms with Crippen LogP contribution in [0.1, 0.15) is 23.6 Å². The Kier molecular flexibility index (Phi) is 5.60. The van der Waals surface area contributed by atoms with Gasteiger partial charge in [-0.1, -0.05) is 61.5 Å². The minimum absolute atomic E-state index is 0.251. The topological polar surface area (TPSA) is 42.3 Å². The van der Waals surface area contributed by atoms with Crippen LogP contribution < -0.4 is 4.90 Å². The van der Waals surface area contributed by atoms with Gasteiger partial charge in [-0.2, -0.15) is 0 Å². The molecule has 0 N–H and O–H groups in total. The number of anilines is 1. The number of halogens is 1. The van der Waals surface area contributed by atoms with Crippen LogP contribution >= 0.6 is 11.8 Å². The van der Waals surface area contributed by atoms with Crippen LogP contribution in [0.5, 0.6) is 0 Å². The molecular formula is C27H21FN2O2S. The lowest BCUT2D eigenvalue weighted by atomic mass is 10.1. The van der Waals surface area contributed by atoms with Gasteiger partial charge in [0.05, 0.1) is 22.7 Å². The number of amides is 2. The molecule has 2 amide bonds. The van der Waals surface area contributed by atoms with Crippen molar-refractivity contribution in [1.29, 1.82) is 0 Å². The quantitative estimate of drug-likeness (QED) is 0.317. The summed E-state index contributed by atoms with van der Waals surface area (Å²) in [4.78, 5) is 27.3. The van der Waals surface area contributed by atoms with Gasteiger partial charge in [0.15, 0.2) is 0 Å². The molecule has 0 spiro atoms. The minimum atomic E-state index is -0.335. The molecule has 0 radical (unpaired) electrons. The highest BCUT2D eigenvalue weighted by molar-refractivity contribution is 8.19. The molecule has 33 heavy (non-hydrogen) atoms. The predicted molar refractivity (Wildman–Crippen MR) is 132 cm³/mol. The molecule has 0 bridgehead atoms. The Morgan fingerprint density at radius 1 is 0.909 bits per heavy atom. The molecule has 0 unspecified atom stereocenters. The van der Waals surface area contributed by atoms with E-state index in [0.29, 0.717) is 22.7 Å². The number of thioether (sulfide) groups is 1. The van der Waals surface area contributed by atoms with Crippen LogP contribution in [-0.2, 0) is 17.8 Å². The fourth-order valence-electron chi connectivity index (χ4n) is 4.21. The number of imide groups is 1. The van der Waals surface area contributed by atoms with E-state index in [0.717, 1.165) is 40.2 Å². The number of para-hydroxylation sites is 2. The zero-order valence-corrected chi connectivity index (χ0v) is 18.8. The second-order valence-corrected chi connectivity index (χ2v) is 8.82. The third-order valence-electron chi connectivity index (χ3n) is 5.79. The molecule has 1 aliphatic heterocycles. The number of benzene rings is 3. The molecule has 4 nitrogen and oxygen atoms in total. The standard InChI is InChI=1S/C27H21FN2O2S/c1-2-18-10-8-13-22-20(17-29(25(18)22)16-19-9-6-7-14-23(19)28)15-24-26(31)30(27(32)33-24)21-11-4-3-5-12-21/h3-15,17H,2,16H2,1H3/b24-15-. The summed E-state index contributed by atoms with van der Waals surface area (Å²) in [5.74, 6) is -0.586. The van der Waals surface area contributed by atoms with Crippen molar-refractivity contribution in [3.8, 4) is 0 Å². The summed E-state index contributed by atoms with van der Waals surface area (Å²) >= 11 is 0.935. The molecule has 3 aromatic carbocycles. The van der Waals surface area contributed by atoms with Crippen molar-refractivity contribution in [3.63, 3.8) is 0 Å². The van der Waals surface area contributed by atoms with E-state index in [1.807, 2.05) is 35.0 Å². The lowest BCUT2D eigenvalue weighted by Crippen LogP contribution is -2.27. The Bertz CT molecular complexity index is 1410. The molecular weight excluding hydrogens is 435 g/mol. The van der Waals surface area contributed by atoms with E-state index in [1.165, 1.54) is 11.0 Å². The second-order valence-electron chi connectivity index (χ2n) is 7.82. The molecule has 1 aromatic heterocycles. The van der Waals surface area contributed by atoms with E-state index < -0.39 is 0 Å². The molecule has 5 rings (SSSR count). The first-order valence-corrected chi connectivity index (χ1v) is 11.6. The van der Waals surface area contributed by atoms with Crippen LogP contribution in [-0.4, -0.2) is 15.7 Å². The average Bonchev–Trinajstić information content (AvgIpc) is 3.32. The summed E-state index contributed by atoms with van der Waals surface area (Å²) < 4.78 is 16.4. The molecule has 1 fully saturated rings. The Morgan fingerprint density at radius 3 is 2.39 bits per heavy atom. The number of aromatic nitrogens is 1. The molecule has 4 aromatic rings. The number of hydrogen-bond acceptors (Lipinski definition) is 3. The number of nitrogens with zero attached hydrogens (tertiary/aromatic N) is 2. The van der Waals surface area contributed by atoms with Crippen molar-refractivity contribution in [2.24, 2.45) is 0 Å². The summed E-state index contributed by atoms with van der Waals surface area (Å²) in [7, 11) is 0. The van der Waals surface area contributed by atoms with E-state index in [1.54, 1.807) is 42.5 Å². The van der Waals surface area contributed by atoms with E-state index in [2.05, 4.69) is 13.0 Å². The Labute approximate surface area is 195 Å². The van der Waals surface area contributed by atoms with Crippen molar-refractivity contribution in [2.75, 3.05) is 4.90 Å². The van der Waals surface area contributed by atoms with Crippen molar-refractivity contribution in [1.82, 2.24) is 4.57 Å². The van der Waals surface area contributed by atoms with Gasteiger partial charge in [-0.15, -0.1) is 0 Å². The third kappa shape index (κ3) is 3.87. The second kappa shape index (κ2) is 8.71. The van der Waals surface area contributed by atoms with Gasteiger partial charge < -0.3 is 4.57 Å². The third-order valence-corrected chi connectivity index (χ3v) is 6.66. The molecule has 1 aliphatic rings. The Morgan fingerprint density at radius 2 is 1.64 bits per heavy atom. The van der Waals surface area contributed by atoms with Crippen molar-refractivity contribution < 1.29 is 14.0 Å². The van der Waals surface area contributed by atoms with E-state index in [9.17, 15) is 14.0 Å². The number of fused-ring (bicyclic) bond motifs is 1. The minimum Gasteiger partial charge on any atom is -0.342 e. The van der Waals surface area contributed by atoms with E-state index in [-0.39, 0.29) is 17.0 Å². The summed E-state index contributed by atoms with van der Waals surface area (Å²) in [6.07, 6.45) is 4.53. The number of carbonyl (C=O) groups is 2. The molecule has 2 heterocycles. The van der Waals surface area contributed by atoms with E-state index >= 15 is 0 Å². The fraction of sp³-hybridized carbons (Fsp3) is 0.111. The summed E-state index contributed by atoms with van der Waals surface area (Å²) in [6, 6.07) is 21.7. The lowest BCUT2D eigenvalue weighted by molar-refractivity contribution is -0.113. The maximum Gasteiger partial charge on any atom is 0.298 e. The Balaban J connectivity index is 1.59. The van der Waals surface area contributed by atoms with Crippen LogP contribution in [0.25, 0.3) is 17.0 Å². The maximum absolute atomic E-state index is 14.4. The first-order chi connectivity index (χ1) is 16.1. The van der Waals surface area contributed by atoms with Gasteiger partial charge in [0.2, 0.25) is 0 Å². The maximum atomic E-state index is 14.4. The SMILES string of the molecule is CCc1cccc2c(/C=C3\SC(=O)N(c4ccccc4)C3=O)cn(Cc3ccccc3F)c12. The number of carbonyl (C=O) groups excluding carboxylic acids is 2. The first-order valence-electron chi connectivity index (χ1n) is 10.7. The van der Waals surface area contributed by atoms with E-state index in [4.69, 9.17) is 0 Å². The van der Waals surface area contributed by atoms with Gasteiger partial charge in [-0.05, 0) is 48.0 Å². The molecule has 0 atom stereocenters. The molecule has 0 aliphatic carbocycles. The zero-order chi connectivity index (χ0) is 22.9. The molecule has 0 saturated carbocycles. The smallest absolute Gasteiger partial charge is 0.298 e. The highest BCUT2D eigenvalue weighted by Crippen LogP contribution is 2.37.